The molecule has 26 heavy (non-hydrogen) atoms. The van der Waals surface area contributed by atoms with Crippen LogP contribution in [0.1, 0.15) is 43.6 Å². The summed E-state index contributed by atoms with van der Waals surface area (Å²) in [7, 11) is 0. The van der Waals surface area contributed by atoms with Gasteiger partial charge in [0.2, 0.25) is 5.91 Å². The third-order valence-corrected chi connectivity index (χ3v) is 6.00. The molecule has 134 valence electrons. The Hall–Kier alpha value is -2.25. The minimum Gasteiger partial charge on any atom is -0.325 e. The molecule has 1 N–H and O–H groups in total. The van der Waals surface area contributed by atoms with Gasteiger partial charge in [0.1, 0.15) is 0 Å². The molecule has 0 unspecified atom stereocenters. The maximum absolute atomic E-state index is 13.2. The van der Waals surface area contributed by atoms with Crippen molar-refractivity contribution in [3.8, 4) is 6.07 Å². The summed E-state index contributed by atoms with van der Waals surface area (Å²) in [5.41, 5.74) is 1.95. The van der Waals surface area contributed by atoms with Gasteiger partial charge in [0.05, 0.1) is 17.7 Å². The molecular formula is C22H24N2OS. The van der Waals surface area contributed by atoms with E-state index in [-0.39, 0.29) is 11.8 Å². The number of hydrogen-bond acceptors (Lipinski definition) is 3. The van der Waals surface area contributed by atoms with Crippen molar-refractivity contribution in [3.63, 3.8) is 0 Å². The van der Waals surface area contributed by atoms with Crippen LogP contribution in [0, 0.1) is 17.2 Å². The summed E-state index contributed by atoms with van der Waals surface area (Å²) in [5.74, 6) is 1.12. The first-order valence-corrected chi connectivity index (χ1v) is 10.2. The van der Waals surface area contributed by atoms with Crippen molar-refractivity contribution < 1.29 is 4.79 Å². The van der Waals surface area contributed by atoms with E-state index >= 15 is 0 Å². The Morgan fingerprint density at radius 2 is 1.81 bits per heavy atom. The number of rotatable bonds is 7. The summed E-state index contributed by atoms with van der Waals surface area (Å²) in [6, 6.07) is 20.2. The predicted molar refractivity (Wildman–Crippen MR) is 107 cm³/mol. The van der Waals surface area contributed by atoms with Crippen LogP contribution in [0.15, 0.2) is 59.5 Å². The first-order valence-electron chi connectivity index (χ1n) is 9.24. The second-order valence-corrected chi connectivity index (χ2v) is 7.81. The number of nitrogens with one attached hydrogen (secondary N) is 1. The fourth-order valence-electron chi connectivity index (χ4n) is 3.70. The third kappa shape index (κ3) is 4.68. The minimum atomic E-state index is -0.101. The summed E-state index contributed by atoms with van der Waals surface area (Å²) >= 11 is 1.62. The second-order valence-electron chi connectivity index (χ2n) is 6.67. The van der Waals surface area contributed by atoms with E-state index in [4.69, 9.17) is 5.26 Å². The van der Waals surface area contributed by atoms with E-state index in [1.807, 2.05) is 42.5 Å². The van der Waals surface area contributed by atoms with E-state index in [0.717, 1.165) is 34.7 Å². The van der Waals surface area contributed by atoms with E-state index < -0.39 is 0 Å². The molecule has 0 spiro atoms. The highest BCUT2D eigenvalue weighted by Gasteiger charge is 2.32. The van der Waals surface area contributed by atoms with Crippen LogP contribution in [-0.4, -0.2) is 11.7 Å². The average molecular weight is 365 g/mol. The highest BCUT2D eigenvalue weighted by atomic mass is 32.2. The summed E-state index contributed by atoms with van der Waals surface area (Å²) in [4.78, 5) is 14.2. The van der Waals surface area contributed by atoms with E-state index in [2.05, 4.69) is 23.5 Å². The Morgan fingerprint density at radius 1 is 1.12 bits per heavy atom. The van der Waals surface area contributed by atoms with Gasteiger partial charge >= 0.3 is 0 Å². The van der Waals surface area contributed by atoms with E-state index in [0.29, 0.717) is 12.3 Å². The first kappa shape index (κ1) is 18.5. The maximum atomic E-state index is 13.2. The summed E-state index contributed by atoms with van der Waals surface area (Å²) in [5, 5.41) is 11.9. The normalized spacial score (nSPS) is 15.3. The van der Waals surface area contributed by atoms with Crippen LogP contribution in [0.2, 0.25) is 0 Å². The number of para-hydroxylation sites is 1. The van der Waals surface area contributed by atoms with Gasteiger partial charge in [-0.25, -0.2) is 0 Å². The molecule has 0 bridgehead atoms. The number of nitriles is 1. The number of carbonyl (C=O) groups is 1. The molecule has 3 rings (SSSR count). The van der Waals surface area contributed by atoms with Crippen molar-refractivity contribution in [1.82, 2.24) is 0 Å². The van der Waals surface area contributed by atoms with Crippen molar-refractivity contribution in [1.29, 1.82) is 5.26 Å². The number of amides is 1. The molecule has 1 saturated carbocycles. The quantitative estimate of drug-likeness (QED) is 0.513. The highest BCUT2D eigenvalue weighted by molar-refractivity contribution is 7.99. The van der Waals surface area contributed by atoms with Gasteiger partial charge in [-0.1, -0.05) is 55.3 Å². The van der Waals surface area contributed by atoms with Gasteiger partial charge in [-0.05, 0) is 36.5 Å². The van der Waals surface area contributed by atoms with Crippen LogP contribution >= 0.6 is 11.8 Å². The number of thioether (sulfide) groups is 1. The summed E-state index contributed by atoms with van der Waals surface area (Å²) in [6.45, 7) is 0. The average Bonchev–Trinajstić information content (AvgIpc) is 3.18. The minimum absolute atomic E-state index is 0.0800. The number of benzene rings is 2. The van der Waals surface area contributed by atoms with E-state index in [1.54, 1.807) is 11.8 Å². The van der Waals surface area contributed by atoms with Gasteiger partial charge in [-0.2, -0.15) is 5.26 Å². The Morgan fingerprint density at radius 3 is 2.54 bits per heavy atom. The van der Waals surface area contributed by atoms with E-state index in [9.17, 15) is 4.79 Å². The Bertz CT molecular complexity index is 763. The Kier molecular flexibility index (Phi) is 6.74. The van der Waals surface area contributed by atoms with Gasteiger partial charge < -0.3 is 5.32 Å². The lowest BCUT2D eigenvalue weighted by Gasteiger charge is -2.24. The molecule has 1 aliphatic rings. The van der Waals surface area contributed by atoms with Crippen molar-refractivity contribution in [2.24, 2.45) is 5.92 Å². The van der Waals surface area contributed by atoms with Crippen molar-refractivity contribution >= 4 is 23.4 Å². The first-order chi connectivity index (χ1) is 12.8. The van der Waals surface area contributed by atoms with Crippen LogP contribution in [0.3, 0.4) is 0 Å². The molecule has 1 fully saturated rings. The van der Waals surface area contributed by atoms with Crippen molar-refractivity contribution in [2.75, 3.05) is 11.1 Å². The molecule has 1 atom stereocenters. The number of nitrogens with zero attached hydrogens (tertiary/aromatic N) is 1. The van der Waals surface area contributed by atoms with Gasteiger partial charge in [-0.3, -0.25) is 4.79 Å². The number of anilines is 1. The molecule has 4 heteroatoms. The highest BCUT2D eigenvalue weighted by Crippen LogP contribution is 2.38. The fourth-order valence-corrected chi connectivity index (χ4v) is 4.56. The predicted octanol–water partition coefficient (Wildman–Crippen LogP) is 5.60. The number of hydrogen-bond donors (Lipinski definition) is 1. The van der Waals surface area contributed by atoms with Gasteiger partial charge in [0, 0.05) is 17.1 Å². The van der Waals surface area contributed by atoms with Gasteiger partial charge in [0.25, 0.3) is 0 Å². The molecule has 0 saturated heterocycles. The molecule has 1 aliphatic carbocycles. The summed E-state index contributed by atoms with van der Waals surface area (Å²) in [6.07, 6.45) is 5.16. The molecular weight excluding hydrogens is 340 g/mol. The van der Waals surface area contributed by atoms with E-state index in [1.165, 1.54) is 12.8 Å². The molecule has 0 radical (unpaired) electrons. The molecule has 3 nitrogen and oxygen atoms in total. The van der Waals surface area contributed by atoms with Gasteiger partial charge in [-0.15, -0.1) is 11.8 Å². The lowest BCUT2D eigenvalue weighted by Crippen LogP contribution is -2.26. The van der Waals surface area contributed by atoms with Crippen LogP contribution in [-0.2, 0) is 4.79 Å². The van der Waals surface area contributed by atoms with Gasteiger partial charge in [0.15, 0.2) is 0 Å². The molecule has 2 aromatic carbocycles. The smallest absolute Gasteiger partial charge is 0.232 e. The Balaban J connectivity index is 1.79. The SMILES string of the molecule is N#CCCSc1ccccc1NC(=O)[C@H](c1ccccc1)C1CCCC1. The second kappa shape index (κ2) is 9.45. The van der Waals surface area contributed by atoms with Crippen molar-refractivity contribution in [2.45, 2.75) is 42.9 Å². The molecule has 2 aromatic rings. The Labute approximate surface area is 159 Å². The third-order valence-electron chi connectivity index (χ3n) is 4.93. The van der Waals surface area contributed by atoms with Crippen LogP contribution < -0.4 is 5.32 Å². The molecule has 0 heterocycles. The van der Waals surface area contributed by atoms with Crippen LogP contribution in [0.25, 0.3) is 0 Å². The number of carbonyl (C=O) groups excluding carboxylic acids is 1. The molecule has 0 aromatic heterocycles. The van der Waals surface area contributed by atoms with Crippen LogP contribution in [0.4, 0.5) is 5.69 Å². The lowest BCUT2D eigenvalue weighted by atomic mass is 9.84. The zero-order chi connectivity index (χ0) is 18.2. The van der Waals surface area contributed by atoms with Crippen LogP contribution in [0.5, 0.6) is 0 Å². The molecule has 1 amide bonds. The maximum Gasteiger partial charge on any atom is 0.232 e. The summed E-state index contributed by atoms with van der Waals surface area (Å²) < 4.78 is 0. The fraction of sp³-hybridized carbons (Fsp3) is 0.364. The topological polar surface area (TPSA) is 52.9 Å². The zero-order valence-corrected chi connectivity index (χ0v) is 15.7. The molecule has 0 aliphatic heterocycles. The standard InChI is InChI=1S/C22H24N2OS/c23-15-8-16-26-20-14-7-6-13-19(20)24-22(25)21(18-11-4-5-12-18)17-9-2-1-3-10-17/h1-3,6-7,9-10,13-14,18,21H,4-5,8,11-12,16H2,(H,24,25)/t21-/m1/s1. The van der Waals surface area contributed by atoms with Crippen molar-refractivity contribution in [3.05, 3.63) is 60.2 Å². The monoisotopic (exact) mass is 364 g/mol. The lowest BCUT2D eigenvalue weighted by molar-refractivity contribution is -0.118. The largest absolute Gasteiger partial charge is 0.325 e. The zero-order valence-electron chi connectivity index (χ0n) is 14.9.